The van der Waals surface area contributed by atoms with E-state index < -0.39 is 5.97 Å². The first kappa shape index (κ1) is 14.5. The molecular weight excluding hydrogens is 264 g/mol. The van der Waals surface area contributed by atoms with Crippen molar-refractivity contribution in [3.8, 4) is 0 Å². The second-order valence-electron chi connectivity index (χ2n) is 5.42. The van der Waals surface area contributed by atoms with Gasteiger partial charge in [-0.15, -0.1) is 0 Å². The highest BCUT2D eigenvalue weighted by Gasteiger charge is 2.39. The Hall–Kier alpha value is -0.910. The van der Waals surface area contributed by atoms with Crippen molar-refractivity contribution in [1.29, 1.82) is 0 Å². The van der Waals surface area contributed by atoms with Crippen LogP contribution in [0.2, 0.25) is 0 Å². The highest BCUT2D eigenvalue weighted by molar-refractivity contribution is 8.00. The number of carboxylic acid groups (broad SMARTS) is 1. The molecule has 0 aromatic rings. The molecule has 108 valence electrons. The Morgan fingerprint density at radius 2 is 2.00 bits per heavy atom. The van der Waals surface area contributed by atoms with Crippen LogP contribution in [0.1, 0.15) is 20.3 Å². The van der Waals surface area contributed by atoms with Crippen molar-refractivity contribution < 1.29 is 14.7 Å². The number of urea groups is 1. The number of thioether (sulfide) groups is 1. The van der Waals surface area contributed by atoms with E-state index in [0.717, 1.165) is 25.3 Å². The van der Waals surface area contributed by atoms with Crippen LogP contribution in [0, 0.1) is 11.8 Å². The van der Waals surface area contributed by atoms with Gasteiger partial charge in [0.1, 0.15) is 0 Å². The summed E-state index contributed by atoms with van der Waals surface area (Å²) in [5, 5.41) is 9.49. The van der Waals surface area contributed by atoms with Crippen molar-refractivity contribution in [2.24, 2.45) is 11.8 Å². The Balaban J connectivity index is 1.81. The Labute approximate surface area is 118 Å². The molecule has 5 nitrogen and oxygen atoms in total. The normalized spacial score (nSPS) is 25.9. The summed E-state index contributed by atoms with van der Waals surface area (Å²) in [5.41, 5.74) is 0. The summed E-state index contributed by atoms with van der Waals surface area (Å²) in [5.74, 6) is -0.00277. The summed E-state index contributed by atoms with van der Waals surface area (Å²) < 4.78 is 0. The van der Waals surface area contributed by atoms with Crippen molar-refractivity contribution in [3.63, 3.8) is 0 Å². The number of nitrogens with zero attached hydrogens (tertiary/aromatic N) is 2. The van der Waals surface area contributed by atoms with Gasteiger partial charge in [0, 0.05) is 43.1 Å². The topological polar surface area (TPSA) is 60.9 Å². The molecule has 0 radical (unpaired) electrons. The maximum atomic E-state index is 12.3. The minimum atomic E-state index is -0.766. The monoisotopic (exact) mass is 286 g/mol. The number of rotatable bonds is 3. The standard InChI is InChI=1S/C13H22N2O3S/c1-3-11-8-14(4-5-19-11)13(18)15-6-10(7-15)9(2)12(16)17/h9-11H,3-8H2,1-2H3,(H,16,17). The van der Waals surface area contributed by atoms with Crippen LogP contribution in [-0.2, 0) is 4.79 Å². The fraction of sp³-hybridized carbons (Fsp3) is 0.846. The largest absolute Gasteiger partial charge is 0.481 e. The first-order valence-electron chi connectivity index (χ1n) is 6.91. The minimum absolute atomic E-state index is 0.0904. The summed E-state index contributed by atoms with van der Waals surface area (Å²) in [4.78, 5) is 26.9. The fourth-order valence-electron chi connectivity index (χ4n) is 2.53. The molecule has 0 aromatic heterocycles. The lowest BCUT2D eigenvalue weighted by molar-refractivity contribution is -0.144. The molecule has 2 rings (SSSR count). The van der Waals surface area contributed by atoms with Gasteiger partial charge >= 0.3 is 12.0 Å². The van der Waals surface area contributed by atoms with Gasteiger partial charge in [-0.2, -0.15) is 11.8 Å². The highest BCUT2D eigenvalue weighted by Crippen LogP contribution is 2.27. The molecule has 2 amide bonds. The van der Waals surface area contributed by atoms with Gasteiger partial charge in [0.2, 0.25) is 0 Å². The van der Waals surface area contributed by atoms with E-state index >= 15 is 0 Å². The second-order valence-corrected chi connectivity index (χ2v) is 6.83. The molecule has 0 aliphatic carbocycles. The lowest BCUT2D eigenvalue weighted by Crippen LogP contribution is -2.58. The average Bonchev–Trinajstić information content (AvgIpc) is 2.36. The second kappa shape index (κ2) is 6.03. The molecule has 2 atom stereocenters. The molecular formula is C13H22N2O3S. The zero-order valence-electron chi connectivity index (χ0n) is 11.5. The molecule has 6 heteroatoms. The number of carboxylic acids is 1. The predicted molar refractivity (Wildman–Crippen MR) is 75.4 cm³/mol. The van der Waals surface area contributed by atoms with E-state index in [4.69, 9.17) is 5.11 Å². The first-order valence-corrected chi connectivity index (χ1v) is 7.96. The SMILES string of the molecule is CCC1CN(C(=O)N2CC(C(C)C(=O)O)C2)CCS1. The molecule has 19 heavy (non-hydrogen) atoms. The van der Waals surface area contributed by atoms with E-state index in [-0.39, 0.29) is 17.9 Å². The Morgan fingerprint density at radius 1 is 1.32 bits per heavy atom. The molecule has 1 N–H and O–H groups in total. The Morgan fingerprint density at radius 3 is 2.58 bits per heavy atom. The lowest BCUT2D eigenvalue weighted by Gasteiger charge is -2.44. The van der Waals surface area contributed by atoms with Gasteiger partial charge in [-0.3, -0.25) is 4.79 Å². The first-order chi connectivity index (χ1) is 9.02. The van der Waals surface area contributed by atoms with Crippen molar-refractivity contribution in [1.82, 2.24) is 9.80 Å². The number of carbonyl (C=O) groups excluding carboxylic acids is 1. The van der Waals surface area contributed by atoms with Crippen LogP contribution >= 0.6 is 11.8 Å². The van der Waals surface area contributed by atoms with E-state index in [1.165, 1.54) is 0 Å². The lowest BCUT2D eigenvalue weighted by atomic mass is 9.87. The van der Waals surface area contributed by atoms with Crippen LogP contribution in [0.3, 0.4) is 0 Å². The summed E-state index contributed by atoms with van der Waals surface area (Å²) in [7, 11) is 0. The van der Waals surface area contributed by atoms with Gasteiger partial charge in [-0.25, -0.2) is 4.79 Å². The molecule has 0 aromatic carbocycles. The van der Waals surface area contributed by atoms with Crippen LogP contribution < -0.4 is 0 Å². The summed E-state index contributed by atoms with van der Waals surface area (Å²) in [6.45, 7) is 6.70. The van der Waals surface area contributed by atoms with E-state index in [9.17, 15) is 9.59 Å². The molecule has 0 saturated carbocycles. The van der Waals surface area contributed by atoms with Gasteiger partial charge in [-0.1, -0.05) is 13.8 Å². The molecule has 0 spiro atoms. The number of hydrogen-bond acceptors (Lipinski definition) is 3. The van der Waals surface area contributed by atoms with Crippen LogP contribution in [0.15, 0.2) is 0 Å². The molecule has 2 saturated heterocycles. The van der Waals surface area contributed by atoms with Crippen LogP contribution in [0.5, 0.6) is 0 Å². The zero-order valence-corrected chi connectivity index (χ0v) is 12.4. The third-order valence-corrected chi connectivity index (χ3v) is 5.51. The third kappa shape index (κ3) is 3.16. The summed E-state index contributed by atoms with van der Waals surface area (Å²) in [6, 6.07) is 0.0904. The van der Waals surface area contributed by atoms with E-state index in [2.05, 4.69) is 6.92 Å². The maximum absolute atomic E-state index is 12.3. The Bertz CT molecular complexity index is 358. The number of amides is 2. The molecule has 2 aliphatic rings. The summed E-state index contributed by atoms with van der Waals surface area (Å²) in [6.07, 6.45) is 1.09. The van der Waals surface area contributed by atoms with Crippen molar-refractivity contribution >= 4 is 23.8 Å². The van der Waals surface area contributed by atoms with Gasteiger partial charge in [0.25, 0.3) is 0 Å². The Kier molecular flexibility index (Phi) is 4.60. The third-order valence-electron chi connectivity index (χ3n) is 4.14. The fourth-order valence-corrected chi connectivity index (χ4v) is 3.71. The zero-order chi connectivity index (χ0) is 14.0. The van der Waals surface area contributed by atoms with Crippen LogP contribution in [0.25, 0.3) is 0 Å². The smallest absolute Gasteiger partial charge is 0.320 e. The van der Waals surface area contributed by atoms with Gasteiger partial charge < -0.3 is 14.9 Å². The van der Waals surface area contributed by atoms with E-state index in [1.807, 2.05) is 16.7 Å². The van der Waals surface area contributed by atoms with Crippen molar-refractivity contribution in [3.05, 3.63) is 0 Å². The molecule has 2 heterocycles. The summed E-state index contributed by atoms with van der Waals surface area (Å²) >= 11 is 1.94. The van der Waals surface area contributed by atoms with Gasteiger partial charge in [0.15, 0.2) is 0 Å². The minimum Gasteiger partial charge on any atom is -0.481 e. The molecule has 2 unspecified atom stereocenters. The van der Waals surface area contributed by atoms with E-state index in [0.29, 0.717) is 18.3 Å². The van der Waals surface area contributed by atoms with Gasteiger partial charge in [-0.05, 0) is 6.42 Å². The molecule has 0 bridgehead atoms. The number of aliphatic carboxylic acids is 1. The number of likely N-dealkylation sites (tertiary alicyclic amines) is 1. The average molecular weight is 286 g/mol. The molecule has 2 fully saturated rings. The number of carbonyl (C=O) groups is 2. The van der Waals surface area contributed by atoms with E-state index in [1.54, 1.807) is 11.8 Å². The highest BCUT2D eigenvalue weighted by atomic mass is 32.2. The maximum Gasteiger partial charge on any atom is 0.320 e. The quantitative estimate of drug-likeness (QED) is 0.856. The van der Waals surface area contributed by atoms with Gasteiger partial charge in [0.05, 0.1) is 5.92 Å². The number of hydrogen-bond donors (Lipinski definition) is 1. The van der Waals surface area contributed by atoms with Crippen LogP contribution in [-0.4, -0.2) is 64.1 Å². The predicted octanol–water partition coefficient (Wildman–Crippen LogP) is 1.59. The van der Waals surface area contributed by atoms with Crippen molar-refractivity contribution in [2.45, 2.75) is 25.5 Å². The van der Waals surface area contributed by atoms with Crippen LogP contribution in [0.4, 0.5) is 4.79 Å². The van der Waals surface area contributed by atoms with Crippen molar-refractivity contribution in [2.75, 3.05) is 31.9 Å². The molecule has 2 aliphatic heterocycles.